The Hall–Kier alpha value is -0.610. The van der Waals surface area contributed by atoms with Gasteiger partial charge in [0.25, 0.3) is 0 Å². The van der Waals surface area contributed by atoms with Gasteiger partial charge in [0.1, 0.15) is 0 Å². The van der Waals surface area contributed by atoms with Crippen molar-refractivity contribution in [3.05, 3.63) is 0 Å². The molecule has 15 heavy (non-hydrogen) atoms. The largest absolute Gasteiger partial charge is 0.340 e. The first kappa shape index (κ1) is 12.5. The average Bonchev–Trinajstić information content (AvgIpc) is 2.21. The van der Waals surface area contributed by atoms with Crippen molar-refractivity contribution in [2.24, 2.45) is 5.73 Å². The van der Waals surface area contributed by atoms with Gasteiger partial charge in [-0.05, 0) is 20.3 Å². The summed E-state index contributed by atoms with van der Waals surface area (Å²) in [5.41, 5.74) is 5.65. The predicted molar refractivity (Wildman–Crippen MR) is 61.6 cm³/mol. The molecule has 2 N–H and O–H groups in total. The smallest absolute Gasteiger partial charge is 0.236 e. The number of carbonyl (C=O) groups excluding carboxylic acids is 1. The molecule has 0 unspecified atom stereocenters. The lowest BCUT2D eigenvalue weighted by molar-refractivity contribution is -0.138. The Morgan fingerprint density at radius 2 is 2.07 bits per heavy atom. The lowest BCUT2D eigenvalue weighted by atomic mass is 10.0. The van der Waals surface area contributed by atoms with E-state index in [9.17, 15) is 4.79 Å². The Balaban J connectivity index is 2.54. The van der Waals surface area contributed by atoms with Crippen LogP contribution in [0.2, 0.25) is 0 Å². The number of amides is 1. The molecule has 0 saturated carbocycles. The fourth-order valence-corrected chi connectivity index (χ4v) is 1.86. The summed E-state index contributed by atoms with van der Waals surface area (Å²) in [6.45, 7) is 10.1. The van der Waals surface area contributed by atoms with Gasteiger partial charge in [0.15, 0.2) is 0 Å². The third kappa shape index (κ3) is 2.92. The van der Waals surface area contributed by atoms with E-state index in [4.69, 9.17) is 5.73 Å². The van der Waals surface area contributed by atoms with Gasteiger partial charge in [-0.3, -0.25) is 9.69 Å². The number of carbonyl (C=O) groups is 1. The predicted octanol–water partition coefficient (Wildman–Crippen LogP) is 0.278. The van der Waals surface area contributed by atoms with Gasteiger partial charge in [0.05, 0.1) is 6.54 Å². The number of hydrogen-bond acceptors (Lipinski definition) is 3. The number of piperazine rings is 1. The molecule has 0 aromatic heterocycles. The molecule has 1 aliphatic rings. The van der Waals surface area contributed by atoms with E-state index in [0.29, 0.717) is 13.1 Å². The number of nitrogens with two attached hydrogens (primary N) is 1. The van der Waals surface area contributed by atoms with Crippen molar-refractivity contribution in [1.82, 2.24) is 9.80 Å². The Kier molecular flexibility index (Phi) is 4.11. The van der Waals surface area contributed by atoms with Crippen LogP contribution in [0.1, 0.15) is 27.2 Å². The fraction of sp³-hybridized carbons (Fsp3) is 0.909. The Bertz CT molecular complexity index is 228. The zero-order chi connectivity index (χ0) is 11.5. The maximum Gasteiger partial charge on any atom is 0.236 e. The summed E-state index contributed by atoms with van der Waals surface area (Å²) in [5.74, 6) is 0.240. The van der Waals surface area contributed by atoms with E-state index in [-0.39, 0.29) is 11.4 Å². The highest BCUT2D eigenvalue weighted by Crippen LogP contribution is 2.16. The molecular weight excluding hydrogens is 190 g/mol. The van der Waals surface area contributed by atoms with Crippen LogP contribution in [0.25, 0.3) is 0 Å². The van der Waals surface area contributed by atoms with Crippen LogP contribution in [0.15, 0.2) is 0 Å². The van der Waals surface area contributed by atoms with Crippen molar-refractivity contribution in [2.45, 2.75) is 32.7 Å². The van der Waals surface area contributed by atoms with Crippen LogP contribution in [-0.2, 0) is 4.79 Å². The van der Waals surface area contributed by atoms with Crippen LogP contribution in [0.5, 0.6) is 0 Å². The lowest BCUT2D eigenvalue weighted by Crippen LogP contribution is -2.59. The van der Waals surface area contributed by atoms with Gasteiger partial charge >= 0.3 is 0 Å². The molecular formula is C11H23N3O. The van der Waals surface area contributed by atoms with Crippen molar-refractivity contribution in [2.75, 3.05) is 32.7 Å². The van der Waals surface area contributed by atoms with Crippen LogP contribution in [0.3, 0.4) is 0 Å². The molecule has 0 atom stereocenters. The van der Waals surface area contributed by atoms with Gasteiger partial charge in [-0.1, -0.05) is 6.92 Å². The topological polar surface area (TPSA) is 49.6 Å². The maximum atomic E-state index is 11.8. The summed E-state index contributed by atoms with van der Waals surface area (Å²) < 4.78 is 0. The highest BCUT2D eigenvalue weighted by Gasteiger charge is 2.32. The van der Waals surface area contributed by atoms with Crippen molar-refractivity contribution in [1.29, 1.82) is 0 Å². The molecule has 88 valence electrons. The van der Waals surface area contributed by atoms with E-state index < -0.39 is 0 Å². The molecule has 4 heteroatoms. The third-order valence-electron chi connectivity index (χ3n) is 3.17. The molecule has 0 aliphatic carbocycles. The normalized spacial score (nSPS) is 19.7. The quantitative estimate of drug-likeness (QED) is 0.729. The Labute approximate surface area is 92.4 Å². The average molecular weight is 213 g/mol. The van der Waals surface area contributed by atoms with Crippen molar-refractivity contribution in [3.8, 4) is 0 Å². The monoisotopic (exact) mass is 213 g/mol. The van der Waals surface area contributed by atoms with Gasteiger partial charge in [0, 0.05) is 31.7 Å². The van der Waals surface area contributed by atoms with E-state index in [1.165, 1.54) is 0 Å². The van der Waals surface area contributed by atoms with Crippen LogP contribution in [-0.4, -0.2) is 54.0 Å². The molecule has 0 aromatic carbocycles. The summed E-state index contributed by atoms with van der Waals surface area (Å²) in [5, 5.41) is 0. The summed E-state index contributed by atoms with van der Waals surface area (Å²) in [6.07, 6.45) is 1.03. The Morgan fingerprint density at radius 1 is 1.40 bits per heavy atom. The molecule has 1 fully saturated rings. The summed E-state index contributed by atoms with van der Waals surface area (Å²) in [6, 6.07) is 0. The first-order chi connectivity index (χ1) is 7.01. The first-order valence-corrected chi connectivity index (χ1v) is 5.74. The lowest BCUT2D eigenvalue weighted by Gasteiger charge is -2.43. The maximum absolute atomic E-state index is 11.8. The molecule has 0 bridgehead atoms. The summed E-state index contributed by atoms with van der Waals surface area (Å²) in [7, 11) is 0. The molecule has 0 radical (unpaired) electrons. The molecule has 0 spiro atoms. The van der Waals surface area contributed by atoms with Crippen molar-refractivity contribution in [3.63, 3.8) is 0 Å². The molecule has 1 amide bonds. The van der Waals surface area contributed by atoms with E-state index in [1.807, 2.05) is 4.90 Å². The second-order valence-corrected chi connectivity index (χ2v) is 4.82. The van der Waals surface area contributed by atoms with E-state index in [1.54, 1.807) is 0 Å². The second-order valence-electron chi connectivity index (χ2n) is 4.82. The highest BCUT2D eigenvalue weighted by atomic mass is 16.2. The highest BCUT2D eigenvalue weighted by molar-refractivity contribution is 5.79. The van der Waals surface area contributed by atoms with Crippen molar-refractivity contribution >= 4 is 5.91 Å². The number of hydrogen-bond donors (Lipinski definition) is 1. The zero-order valence-electron chi connectivity index (χ0n) is 10.1. The van der Waals surface area contributed by atoms with Crippen molar-refractivity contribution < 1.29 is 4.79 Å². The minimum absolute atomic E-state index is 0.0615. The van der Waals surface area contributed by atoms with Gasteiger partial charge in [-0.2, -0.15) is 0 Å². The van der Waals surface area contributed by atoms with Gasteiger partial charge < -0.3 is 10.6 Å². The number of rotatable bonds is 4. The van der Waals surface area contributed by atoms with Crippen LogP contribution >= 0.6 is 0 Å². The molecule has 1 rings (SSSR count). The Morgan fingerprint density at radius 3 is 2.53 bits per heavy atom. The summed E-state index contributed by atoms with van der Waals surface area (Å²) in [4.78, 5) is 15.9. The fourth-order valence-electron chi connectivity index (χ4n) is 1.86. The molecule has 1 heterocycles. The standard InChI is InChI=1S/C11H23N3O/c1-4-5-13-6-7-14(8-10(13)15)11(2,3)9-12/h4-9,12H2,1-3H3. The minimum atomic E-state index is -0.0615. The number of nitrogens with zero attached hydrogens (tertiary/aromatic N) is 2. The van der Waals surface area contributed by atoms with E-state index in [2.05, 4.69) is 25.7 Å². The first-order valence-electron chi connectivity index (χ1n) is 5.74. The molecule has 1 aliphatic heterocycles. The van der Waals surface area contributed by atoms with Gasteiger partial charge in [-0.15, -0.1) is 0 Å². The van der Waals surface area contributed by atoms with Crippen LogP contribution < -0.4 is 5.73 Å². The SMILES string of the molecule is CCCN1CCN(C(C)(C)CN)CC1=O. The molecule has 0 aromatic rings. The van der Waals surface area contributed by atoms with E-state index in [0.717, 1.165) is 26.1 Å². The van der Waals surface area contributed by atoms with Crippen LogP contribution in [0.4, 0.5) is 0 Å². The minimum Gasteiger partial charge on any atom is -0.340 e. The third-order valence-corrected chi connectivity index (χ3v) is 3.17. The molecule has 4 nitrogen and oxygen atoms in total. The zero-order valence-corrected chi connectivity index (χ0v) is 10.1. The molecule has 1 saturated heterocycles. The van der Waals surface area contributed by atoms with Gasteiger partial charge in [0.2, 0.25) is 5.91 Å². The van der Waals surface area contributed by atoms with Crippen LogP contribution in [0, 0.1) is 0 Å². The second kappa shape index (κ2) is 4.94. The summed E-state index contributed by atoms with van der Waals surface area (Å²) >= 11 is 0. The van der Waals surface area contributed by atoms with E-state index >= 15 is 0 Å². The van der Waals surface area contributed by atoms with Gasteiger partial charge in [-0.25, -0.2) is 0 Å².